The lowest BCUT2D eigenvalue weighted by atomic mass is 10.2. The Morgan fingerprint density at radius 3 is 2.62 bits per heavy atom. The van der Waals surface area contributed by atoms with Crippen LogP contribution in [0.25, 0.3) is 0 Å². The summed E-state index contributed by atoms with van der Waals surface area (Å²) in [6.45, 7) is 0.355. The third kappa shape index (κ3) is 5.00. The molecule has 0 saturated heterocycles. The fraction of sp³-hybridized carbons (Fsp3) is 0.462. The first kappa shape index (κ1) is 17.4. The number of primary amides is 1. The van der Waals surface area contributed by atoms with Crippen molar-refractivity contribution in [2.45, 2.75) is 24.2 Å². The molecule has 7 nitrogen and oxygen atoms in total. The molecule has 0 bridgehead atoms. The zero-order chi connectivity index (χ0) is 15.9. The average Bonchev–Trinajstić information content (AvgIpc) is 2.46. The van der Waals surface area contributed by atoms with Crippen molar-refractivity contribution in [3.05, 3.63) is 23.8 Å². The highest BCUT2D eigenvalue weighted by molar-refractivity contribution is 7.89. The quantitative estimate of drug-likeness (QED) is 0.564. The molecule has 4 N–H and O–H groups in total. The Bertz CT molecular complexity index is 586. The van der Waals surface area contributed by atoms with Gasteiger partial charge in [-0.3, -0.25) is 4.79 Å². The van der Waals surface area contributed by atoms with E-state index in [4.69, 9.17) is 15.6 Å². The van der Waals surface area contributed by atoms with Crippen molar-refractivity contribution in [3.63, 3.8) is 0 Å². The summed E-state index contributed by atoms with van der Waals surface area (Å²) in [6, 6.07) is 3.93. The van der Waals surface area contributed by atoms with Crippen molar-refractivity contribution in [2.24, 2.45) is 5.73 Å². The maximum absolute atomic E-state index is 12.1. The van der Waals surface area contributed by atoms with Crippen molar-refractivity contribution in [2.75, 3.05) is 20.3 Å². The van der Waals surface area contributed by atoms with Crippen LogP contribution in [0.15, 0.2) is 23.1 Å². The third-order valence-electron chi connectivity index (χ3n) is 2.87. The van der Waals surface area contributed by atoms with E-state index in [2.05, 4.69) is 4.72 Å². The molecule has 118 valence electrons. The van der Waals surface area contributed by atoms with Gasteiger partial charge in [-0.05, 0) is 37.5 Å². The lowest BCUT2D eigenvalue weighted by Gasteiger charge is -2.10. The van der Waals surface area contributed by atoms with E-state index in [-0.39, 0.29) is 29.4 Å². The van der Waals surface area contributed by atoms with E-state index >= 15 is 0 Å². The van der Waals surface area contributed by atoms with Crippen LogP contribution in [0.4, 0.5) is 0 Å². The summed E-state index contributed by atoms with van der Waals surface area (Å²) >= 11 is 0. The van der Waals surface area contributed by atoms with Crippen LogP contribution < -0.4 is 15.2 Å². The molecule has 21 heavy (non-hydrogen) atoms. The standard InChI is InChI=1S/C13H20N2O5S/c1-20-12-6-5-10(9-11(12)13(14)17)21(18,19)15-7-3-2-4-8-16/h5-6,9,15-16H,2-4,7-8H2,1H3,(H2,14,17). The van der Waals surface area contributed by atoms with Crippen LogP contribution in [-0.4, -0.2) is 39.7 Å². The highest BCUT2D eigenvalue weighted by Gasteiger charge is 2.18. The highest BCUT2D eigenvalue weighted by Crippen LogP contribution is 2.21. The lowest BCUT2D eigenvalue weighted by molar-refractivity contribution is 0.0997. The number of amides is 1. The second kappa shape index (κ2) is 7.96. The van der Waals surface area contributed by atoms with Crippen LogP contribution in [0.5, 0.6) is 5.75 Å². The molecule has 8 heteroatoms. The first-order valence-corrected chi connectivity index (χ1v) is 7.99. The number of methoxy groups -OCH3 is 1. The number of carbonyl (C=O) groups is 1. The van der Waals surface area contributed by atoms with Gasteiger partial charge in [0.25, 0.3) is 5.91 Å². The topological polar surface area (TPSA) is 119 Å². The number of benzene rings is 1. The number of nitrogens with two attached hydrogens (primary N) is 1. The van der Waals surface area contributed by atoms with Gasteiger partial charge in [-0.15, -0.1) is 0 Å². The Hall–Kier alpha value is -1.64. The van der Waals surface area contributed by atoms with Gasteiger partial charge in [0, 0.05) is 13.2 Å². The zero-order valence-electron chi connectivity index (χ0n) is 11.8. The number of aliphatic hydroxyl groups excluding tert-OH is 1. The van der Waals surface area contributed by atoms with Crippen molar-refractivity contribution >= 4 is 15.9 Å². The molecule has 0 radical (unpaired) electrons. The molecular formula is C13H20N2O5S. The molecule has 0 aromatic heterocycles. The highest BCUT2D eigenvalue weighted by atomic mass is 32.2. The number of sulfonamides is 1. The lowest BCUT2D eigenvalue weighted by Crippen LogP contribution is -2.25. The number of rotatable bonds is 9. The van der Waals surface area contributed by atoms with Crippen molar-refractivity contribution < 1.29 is 23.1 Å². The molecule has 0 fully saturated rings. The summed E-state index contributed by atoms with van der Waals surface area (Å²) in [5.41, 5.74) is 5.21. The monoisotopic (exact) mass is 316 g/mol. The minimum Gasteiger partial charge on any atom is -0.496 e. The minimum absolute atomic E-state index is 0.0145. The Kier molecular flexibility index (Phi) is 6.60. The molecule has 0 heterocycles. The molecule has 0 aliphatic carbocycles. The number of aliphatic hydroxyl groups is 1. The van der Waals surface area contributed by atoms with E-state index in [1.807, 2.05) is 0 Å². The summed E-state index contributed by atoms with van der Waals surface area (Å²) in [5.74, 6) is -0.531. The second-order valence-electron chi connectivity index (χ2n) is 4.41. The van der Waals surface area contributed by atoms with Gasteiger partial charge in [-0.2, -0.15) is 0 Å². The van der Waals surface area contributed by atoms with Gasteiger partial charge in [0.05, 0.1) is 17.6 Å². The fourth-order valence-corrected chi connectivity index (χ4v) is 2.85. The van der Waals surface area contributed by atoms with Crippen LogP contribution in [0.1, 0.15) is 29.6 Å². The molecule has 1 amide bonds. The van der Waals surface area contributed by atoms with Gasteiger partial charge in [0.1, 0.15) is 5.75 Å². The van der Waals surface area contributed by atoms with Crippen LogP contribution in [0.3, 0.4) is 0 Å². The molecule has 0 aliphatic heterocycles. The number of ether oxygens (including phenoxy) is 1. The predicted octanol–water partition coefficient (Wildman–Crippen LogP) is 0.235. The van der Waals surface area contributed by atoms with Crippen LogP contribution >= 0.6 is 0 Å². The summed E-state index contributed by atoms with van der Waals surface area (Å²) < 4.78 is 31.6. The van der Waals surface area contributed by atoms with E-state index in [0.29, 0.717) is 12.8 Å². The number of unbranched alkanes of at least 4 members (excludes halogenated alkanes) is 2. The Morgan fingerprint density at radius 1 is 1.33 bits per heavy atom. The molecule has 1 aromatic carbocycles. The third-order valence-corrected chi connectivity index (χ3v) is 4.33. The normalized spacial score (nSPS) is 11.3. The molecule has 0 saturated carbocycles. The van der Waals surface area contributed by atoms with Crippen molar-refractivity contribution in [1.82, 2.24) is 4.72 Å². The van der Waals surface area contributed by atoms with Gasteiger partial charge in [-0.25, -0.2) is 13.1 Å². The van der Waals surface area contributed by atoms with Crippen molar-refractivity contribution in [1.29, 1.82) is 0 Å². The van der Waals surface area contributed by atoms with E-state index < -0.39 is 15.9 Å². The first-order valence-electron chi connectivity index (χ1n) is 6.50. The van der Waals surface area contributed by atoms with Gasteiger partial charge in [-0.1, -0.05) is 0 Å². The van der Waals surface area contributed by atoms with Gasteiger partial charge >= 0.3 is 0 Å². The smallest absolute Gasteiger partial charge is 0.252 e. The van der Waals surface area contributed by atoms with E-state index in [1.54, 1.807) is 0 Å². The predicted molar refractivity (Wildman–Crippen MR) is 77.6 cm³/mol. The summed E-state index contributed by atoms with van der Waals surface area (Å²) in [7, 11) is -2.33. The minimum atomic E-state index is -3.70. The second-order valence-corrected chi connectivity index (χ2v) is 6.18. The maximum atomic E-state index is 12.1. The molecule has 1 rings (SSSR count). The van der Waals surface area contributed by atoms with Gasteiger partial charge in [0.2, 0.25) is 10.0 Å². The largest absolute Gasteiger partial charge is 0.496 e. The molecular weight excluding hydrogens is 296 g/mol. The fourth-order valence-electron chi connectivity index (χ4n) is 1.75. The van der Waals surface area contributed by atoms with Crippen LogP contribution in [0.2, 0.25) is 0 Å². The Labute approximate surface area is 124 Å². The molecule has 0 atom stereocenters. The summed E-state index contributed by atoms with van der Waals surface area (Å²) in [5, 5.41) is 8.64. The maximum Gasteiger partial charge on any atom is 0.252 e. The van der Waals surface area contributed by atoms with Crippen molar-refractivity contribution in [3.8, 4) is 5.75 Å². The summed E-state index contributed by atoms with van der Waals surface area (Å²) in [6.07, 6.45) is 1.99. The Morgan fingerprint density at radius 2 is 2.05 bits per heavy atom. The number of hydrogen-bond acceptors (Lipinski definition) is 5. The van der Waals surface area contributed by atoms with Crippen LogP contribution in [0, 0.1) is 0 Å². The van der Waals surface area contributed by atoms with E-state index in [9.17, 15) is 13.2 Å². The molecule has 0 spiro atoms. The molecule has 1 aromatic rings. The number of nitrogens with one attached hydrogen (secondary N) is 1. The average molecular weight is 316 g/mol. The molecule has 0 unspecified atom stereocenters. The summed E-state index contributed by atoms with van der Waals surface area (Å²) in [4.78, 5) is 11.3. The van der Waals surface area contributed by atoms with E-state index in [1.165, 1.54) is 25.3 Å². The number of carbonyl (C=O) groups excluding carboxylic acids is 1. The SMILES string of the molecule is COc1ccc(S(=O)(=O)NCCCCCO)cc1C(N)=O. The zero-order valence-corrected chi connectivity index (χ0v) is 12.6. The van der Waals surface area contributed by atoms with Gasteiger partial charge in [0.15, 0.2) is 0 Å². The first-order chi connectivity index (χ1) is 9.92. The van der Waals surface area contributed by atoms with Gasteiger partial charge < -0.3 is 15.6 Å². The van der Waals surface area contributed by atoms with E-state index in [0.717, 1.165) is 6.42 Å². The Balaban J connectivity index is 2.83. The number of hydrogen-bond donors (Lipinski definition) is 3. The molecule has 0 aliphatic rings. The van der Waals surface area contributed by atoms with Crippen LogP contribution in [-0.2, 0) is 10.0 Å².